The number of thioether (sulfide) groups is 1. The number of hydrogen-bond acceptors (Lipinski definition) is 5. The molecule has 1 heterocycles. The first kappa shape index (κ1) is 16.6. The first-order valence-corrected chi connectivity index (χ1v) is 9.39. The maximum absolute atomic E-state index is 12.7. The number of morpholine rings is 1. The van der Waals surface area contributed by atoms with Crippen molar-refractivity contribution < 1.29 is 14.6 Å². The predicted octanol–water partition coefficient (Wildman–Crippen LogP) is 2.55. The van der Waals surface area contributed by atoms with Crippen LogP contribution in [0.3, 0.4) is 0 Å². The minimum absolute atomic E-state index is 0.0231. The molecule has 1 saturated heterocycles. The summed E-state index contributed by atoms with van der Waals surface area (Å²) < 4.78 is 5.53. The molecular formula is C17H24N2O3S. The molecule has 5 nitrogen and oxygen atoms in total. The van der Waals surface area contributed by atoms with E-state index in [1.54, 1.807) is 18.2 Å². The van der Waals surface area contributed by atoms with Crippen molar-refractivity contribution in [1.82, 2.24) is 4.90 Å². The molecule has 0 aromatic heterocycles. The number of ether oxygens (including phenoxy) is 1. The molecule has 126 valence electrons. The number of anilines is 1. The maximum Gasteiger partial charge on any atom is 0.244 e. The summed E-state index contributed by atoms with van der Waals surface area (Å²) in [5.41, 5.74) is 0.745. The molecule has 1 aromatic carbocycles. The van der Waals surface area contributed by atoms with Gasteiger partial charge in [-0.05, 0) is 43.2 Å². The Labute approximate surface area is 141 Å². The molecule has 1 atom stereocenters. The van der Waals surface area contributed by atoms with Crippen molar-refractivity contribution in [3.63, 3.8) is 0 Å². The number of rotatable bonds is 5. The van der Waals surface area contributed by atoms with Gasteiger partial charge in [-0.2, -0.15) is 0 Å². The first-order chi connectivity index (χ1) is 11.2. The second kappa shape index (κ2) is 7.55. The summed E-state index contributed by atoms with van der Waals surface area (Å²) in [6.45, 7) is 2.96. The highest BCUT2D eigenvalue weighted by molar-refractivity contribution is 7.98. The van der Waals surface area contributed by atoms with Crippen LogP contribution in [-0.2, 0) is 9.53 Å². The molecular weight excluding hydrogens is 312 g/mol. The third kappa shape index (κ3) is 4.00. The van der Waals surface area contributed by atoms with Crippen molar-refractivity contribution >= 4 is 23.4 Å². The molecule has 3 rings (SSSR count). The fraction of sp³-hybridized carbons (Fsp3) is 0.588. The van der Waals surface area contributed by atoms with Crippen LogP contribution in [-0.4, -0.2) is 54.5 Å². The monoisotopic (exact) mass is 336 g/mol. The van der Waals surface area contributed by atoms with Crippen LogP contribution in [0.1, 0.15) is 19.3 Å². The molecule has 0 bridgehead atoms. The number of phenols is 1. The van der Waals surface area contributed by atoms with Gasteiger partial charge < -0.3 is 15.2 Å². The molecule has 1 aromatic rings. The van der Waals surface area contributed by atoms with Gasteiger partial charge in [0.15, 0.2) is 0 Å². The van der Waals surface area contributed by atoms with Crippen molar-refractivity contribution in [2.75, 3.05) is 37.9 Å². The molecule has 1 aliphatic carbocycles. The van der Waals surface area contributed by atoms with Gasteiger partial charge in [0.2, 0.25) is 5.91 Å². The minimum Gasteiger partial charge on any atom is -0.508 e. The minimum atomic E-state index is -0.229. The zero-order valence-corrected chi connectivity index (χ0v) is 14.3. The number of aromatic hydroxyl groups is 1. The van der Waals surface area contributed by atoms with Gasteiger partial charge in [0.1, 0.15) is 11.8 Å². The SMILES string of the molecule is CSc1cc(O)ccc1NC(=O)[C@@H]1COCCN1CC1CCC1. The Kier molecular flexibility index (Phi) is 5.46. The van der Waals surface area contributed by atoms with E-state index in [1.807, 2.05) is 6.26 Å². The number of amides is 1. The average Bonchev–Trinajstić information content (AvgIpc) is 2.53. The van der Waals surface area contributed by atoms with Crippen molar-refractivity contribution in [2.45, 2.75) is 30.2 Å². The molecule has 0 unspecified atom stereocenters. The Hall–Kier alpha value is -1.24. The van der Waals surface area contributed by atoms with E-state index in [2.05, 4.69) is 10.2 Å². The predicted molar refractivity (Wildman–Crippen MR) is 92.0 cm³/mol. The van der Waals surface area contributed by atoms with E-state index in [0.717, 1.165) is 29.6 Å². The Morgan fingerprint density at radius 2 is 2.30 bits per heavy atom. The number of benzene rings is 1. The molecule has 23 heavy (non-hydrogen) atoms. The van der Waals surface area contributed by atoms with Crippen LogP contribution in [0.25, 0.3) is 0 Å². The summed E-state index contributed by atoms with van der Waals surface area (Å²) in [5.74, 6) is 0.920. The van der Waals surface area contributed by atoms with Crippen LogP contribution in [0.15, 0.2) is 23.1 Å². The standard InChI is InChI=1S/C17H24N2O3S/c1-23-16-9-13(20)5-6-14(16)18-17(21)15-11-22-8-7-19(15)10-12-3-2-4-12/h5-6,9,12,15,20H,2-4,7-8,10-11H2,1H3,(H,18,21)/t15-/m0/s1. The number of carbonyl (C=O) groups excluding carboxylic acids is 1. The third-order valence-electron chi connectivity index (χ3n) is 4.70. The lowest BCUT2D eigenvalue weighted by Crippen LogP contribution is -2.53. The molecule has 0 radical (unpaired) electrons. The molecule has 1 saturated carbocycles. The summed E-state index contributed by atoms with van der Waals surface area (Å²) in [5, 5.41) is 12.6. The van der Waals surface area contributed by atoms with Crippen molar-refractivity contribution in [1.29, 1.82) is 0 Å². The molecule has 2 fully saturated rings. The normalized spacial score (nSPS) is 22.6. The van der Waals surface area contributed by atoms with Gasteiger partial charge in [0.05, 0.1) is 18.9 Å². The van der Waals surface area contributed by atoms with Gasteiger partial charge in [0, 0.05) is 18.0 Å². The Bertz CT molecular complexity index is 563. The van der Waals surface area contributed by atoms with Crippen LogP contribution < -0.4 is 5.32 Å². The summed E-state index contributed by atoms with van der Waals surface area (Å²) >= 11 is 1.50. The zero-order chi connectivity index (χ0) is 16.2. The van der Waals surface area contributed by atoms with Crippen LogP contribution in [0.2, 0.25) is 0 Å². The molecule has 2 N–H and O–H groups in total. The third-order valence-corrected chi connectivity index (χ3v) is 5.48. The molecule has 2 aliphatic rings. The van der Waals surface area contributed by atoms with Crippen molar-refractivity contribution in [3.8, 4) is 5.75 Å². The molecule has 6 heteroatoms. The highest BCUT2D eigenvalue weighted by Gasteiger charge is 2.32. The van der Waals surface area contributed by atoms with E-state index < -0.39 is 0 Å². The number of phenolic OH excluding ortho intramolecular Hbond substituents is 1. The van der Waals surface area contributed by atoms with Crippen LogP contribution in [0.4, 0.5) is 5.69 Å². The number of carbonyl (C=O) groups is 1. The molecule has 1 amide bonds. The lowest BCUT2D eigenvalue weighted by atomic mass is 9.84. The summed E-state index contributed by atoms with van der Waals surface area (Å²) in [7, 11) is 0. The number of nitrogens with one attached hydrogen (secondary N) is 1. The van der Waals surface area contributed by atoms with Gasteiger partial charge >= 0.3 is 0 Å². The highest BCUT2D eigenvalue weighted by atomic mass is 32.2. The summed E-state index contributed by atoms with van der Waals surface area (Å²) in [6, 6.07) is 4.79. The molecule has 1 aliphatic heterocycles. The lowest BCUT2D eigenvalue weighted by Gasteiger charge is -2.39. The highest BCUT2D eigenvalue weighted by Crippen LogP contribution is 2.30. The van der Waals surface area contributed by atoms with E-state index in [0.29, 0.717) is 13.2 Å². The maximum atomic E-state index is 12.7. The fourth-order valence-corrected chi connectivity index (χ4v) is 3.68. The van der Waals surface area contributed by atoms with E-state index in [1.165, 1.54) is 31.0 Å². The fourth-order valence-electron chi connectivity index (χ4n) is 3.10. The largest absolute Gasteiger partial charge is 0.508 e. The lowest BCUT2D eigenvalue weighted by molar-refractivity contribution is -0.128. The van der Waals surface area contributed by atoms with Gasteiger partial charge in [-0.1, -0.05) is 6.42 Å². The van der Waals surface area contributed by atoms with Crippen LogP contribution in [0, 0.1) is 5.92 Å². The first-order valence-electron chi connectivity index (χ1n) is 8.17. The zero-order valence-electron chi connectivity index (χ0n) is 13.5. The van der Waals surface area contributed by atoms with Crippen LogP contribution in [0.5, 0.6) is 5.75 Å². The van der Waals surface area contributed by atoms with Gasteiger partial charge in [-0.3, -0.25) is 9.69 Å². The number of hydrogen-bond donors (Lipinski definition) is 2. The second-order valence-corrected chi connectivity index (χ2v) is 7.10. The van der Waals surface area contributed by atoms with E-state index >= 15 is 0 Å². The van der Waals surface area contributed by atoms with Gasteiger partial charge in [0.25, 0.3) is 0 Å². The summed E-state index contributed by atoms with van der Waals surface area (Å²) in [6.07, 6.45) is 5.80. The Balaban J connectivity index is 1.67. The number of nitrogens with zero attached hydrogens (tertiary/aromatic N) is 1. The Morgan fingerprint density at radius 1 is 1.48 bits per heavy atom. The van der Waals surface area contributed by atoms with E-state index in [9.17, 15) is 9.90 Å². The quantitative estimate of drug-likeness (QED) is 0.639. The smallest absolute Gasteiger partial charge is 0.244 e. The van der Waals surface area contributed by atoms with Gasteiger partial charge in [-0.25, -0.2) is 0 Å². The summed E-state index contributed by atoms with van der Waals surface area (Å²) in [4.78, 5) is 15.8. The van der Waals surface area contributed by atoms with E-state index in [4.69, 9.17) is 4.74 Å². The molecule has 0 spiro atoms. The van der Waals surface area contributed by atoms with Crippen LogP contribution >= 0.6 is 11.8 Å². The van der Waals surface area contributed by atoms with Gasteiger partial charge in [-0.15, -0.1) is 11.8 Å². The average molecular weight is 336 g/mol. The Morgan fingerprint density at radius 3 is 3.00 bits per heavy atom. The van der Waals surface area contributed by atoms with Crippen molar-refractivity contribution in [3.05, 3.63) is 18.2 Å². The van der Waals surface area contributed by atoms with E-state index in [-0.39, 0.29) is 17.7 Å². The topological polar surface area (TPSA) is 61.8 Å². The second-order valence-electron chi connectivity index (χ2n) is 6.26. The van der Waals surface area contributed by atoms with Crippen molar-refractivity contribution in [2.24, 2.45) is 5.92 Å².